The van der Waals surface area contributed by atoms with E-state index in [4.69, 9.17) is 23.7 Å². The average Bonchev–Trinajstić information content (AvgIpc) is 2.81. The van der Waals surface area contributed by atoms with Gasteiger partial charge >= 0.3 is 0 Å². The predicted octanol–water partition coefficient (Wildman–Crippen LogP) is 3.54. The van der Waals surface area contributed by atoms with Crippen molar-refractivity contribution >= 4 is 11.1 Å². The highest BCUT2D eigenvalue weighted by Gasteiger charge is 2.27. The van der Waals surface area contributed by atoms with Crippen molar-refractivity contribution in [2.45, 2.75) is 6.42 Å². The van der Waals surface area contributed by atoms with Crippen LogP contribution in [0.15, 0.2) is 29.6 Å². The first kappa shape index (κ1) is 13.0. The molecule has 0 atom stereocenters. The first-order valence-electron chi connectivity index (χ1n) is 5.48. The molecule has 5 heteroatoms. The first-order valence-corrected chi connectivity index (χ1v) is 5.48. The molecular weight excluding hydrogens is 255 g/mol. The van der Waals surface area contributed by atoms with Gasteiger partial charge in [0.25, 0.3) is 11.4 Å². The third kappa shape index (κ3) is 1.91. The molecule has 20 heavy (non-hydrogen) atoms. The maximum atomic E-state index is 13.4. The number of benzene rings is 1. The lowest BCUT2D eigenvalue weighted by molar-refractivity contribution is 0.627. The summed E-state index contributed by atoms with van der Waals surface area (Å²) in [6.45, 7) is 14.0. The number of nitrogens with zero attached hydrogens (tertiary/aromatic N) is 4. The van der Waals surface area contributed by atoms with Crippen LogP contribution in [0.5, 0.6) is 0 Å². The van der Waals surface area contributed by atoms with E-state index >= 15 is 0 Å². The number of hydrogen-bond donors (Lipinski definition) is 0. The Morgan fingerprint density at radius 1 is 1.05 bits per heavy atom. The van der Waals surface area contributed by atoms with Gasteiger partial charge in [-0.1, -0.05) is 6.07 Å². The lowest BCUT2D eigenvalue weighted by Gasteiger charge is -2.01. The maximum absolute atomic E-state index is 13.4. The van der Waals surface area contributed by atoms with Crippen LogP contribution in [0.3, 0.4) is 0 Å². The van der Waals surface area contributed by atoms with Gasteiger partial charge in [-0.2, -0.15) is 0 Å². The Kier molecular flexibility index (Phi) is 3.30. The summed E-state index contributed by atoms with van der Waals surface area (Å²) in [5.74, 6) is -0.494. The Balaban J connectivity index is 2.86. The molecule has 0 fully saturated rings. The van der Waals surface area contributed by atoms with Gasteiger partial charge in [-0.3, -0.25) is 0 Å². The molecule has 0 bridgehead atoms. The minimum Gasteiger partial charge on any atom is -0.226 e. The van der Waals surface area contributed by atoms with E-state index in [1.165, 1.54) is 18.2 Å². The van der Waals surface area contributed by atoms with Gasteiger partial charge in [0, 0.05) is 0 Å². The Morgan fingerprint density at radius 2 is 1.60 bits per heavy atom. The maximum Gasteiger partial charge on any atom is 0.265 e. The van der Waals surface area contributed by atoms with Gasteiger partial charge in [0.15, 0.2) is 0 Å². The van der Waals surface area contributed by atoms with Crippen molar-refractivity contribution < 1.29 is 4.39 Å². The summed E-state index contributed by atoms with van der Waals surface area (Å²) in [5, 5.41) is 17.9. The van der Waals surface area contributed by atoms with Gasteiger partial charge in [-0.25, -0.2) is 24.6 Å². The van der Waals surface area contributed by atoms with E-state index in [1.54, 1.807) is 12.1 Å². The number of rotatable bonds is 0. The molecule has 4 nitrogen and oxygen atoms in total. The van der Waals surface area contributed by atoms with Crippen molar-refractivity contribution in [1.29, 1.82) is 10.5 Å². The molecule has 0 aromatic heterocycles. The topological polar surface area (TPSA) is 56.3 Å². The standard InChI is InChI=1S/C15H5FN4/c1-19-14(7-17)12-6-13(15(8-18)20-2)11-5-9(16)3-4-10(11)12/h3-5H,6H2. The van der Waals surface area contributed by atoms with Crippen molar-refractivity contribution in [2.24, 2.45) is 0 Å². The molecule has 0 saturated carbocycles. The molecule has 1 aliphatic rings. The van der Waals surface area contributed by atoms with Gasteiger partial charge in [0.1, 0.15) is 5.82 Å². The normalized spacial score (nSPS) is 17.1. The van der Waals surface area contributed by atoms with Crippen molar-refractivity contribution in [3.63, 3.8) is 0 Å². The molecule has 0 amide bonds. The van der Waals surface area contributed by atoms with Crippen LogP contribution in [0.4, 0.5) is 4.39 Å². The summed E-state index contributed by atoms with van der Waals surface area (Å²) >= 11 is 0. The summed E-state index contributed by atoms with van der Waals surface area (Å²) in [5.41, 5.74) is 1.49. The zero-order chi connectivity index (χ0) is 14.7. The van der Waals surface area contributed by atoms with E-state index in [0.29, 0.717) is 22.3 Å². The molecule has 1 aromatic rings. The fraction of sp³-hybridized carbons (Fsp3) is 0.0667. The molecule has 1 aliphatic carbocycles. The second-order valence-electron chi connectivity index (χ2n) is 3.97. The molecule has 0 unspecified atom stereocenters. The summed E-state index contributed by atoms with van der Waals surface area (Å²) in [6.07, 6.45) is 0.120. The zero-order valence-electron chi connectivity index (χ0n) is 10.1. The first-order chi connectivity index (χ1) is 9.65. The largest absolute Gasteiger partial charge is 0.265 e. The van der Waals surface area contributed by atoms with E-state index in [0.717, 1.165) is 0 Å². The van der Waals surface area contributed by atoms with Crippen LogP contribution < -0.4 is 0 Å². The summed E-state index contributed by atoms with van der Waals surface area (Å²) in [6, 6.07) is 7.48. The SMILES string of the molecule is [C-]#[N+]C(C#N)=C1CC(=C(C#N)[N+]#[C-])c2cc(F)ccc21. The fourth-order valence-corrected chi connectivity index (χ4v) is 2.14. The molecule has 1 aromatic carbocycles. The van der Waals surface area contributed by atoms with Crippen LogP contribution in [0.25, 0.3) is 20.8 Å². The molecule has 0 aliphatic heterocycles. The minimum absolute atomic E-state index is 0.102. The highest BCUT2D eigenvalue weighted by molar-refractivity contribution is 5.97. The van der Waals surface area contributed by atoms with Gasteiger partial charge in [-0.15, -0.1) is 0 Å². The Labute approximate surface area is 114 Å². The number of nitriles is 2. The van der Waals surface area contributed by atoms with Gasteiger partial charge in [-0.05, 0) is 40.8 Å². The third-order valence-corrected chi connectivity index (χ3v) is 2.99. The quantitative estimate of drug-likeness (QED) is 0.529. The van der Waals surface area contributed by atoms with E-state index in [1.807, 2.05) is 0 Å². The van der Waals surface area contributed by atoms with E-state index in [9.17, 15) is 4.39 Å². The lowest BCUT2D eigenvalue weighted by atomic mass is 10.0. The van der Waals surface area contributed by atoms with Crippen molar-refractivity contribution in [3.8, 4) is 12.1 Å². The Morgan fingerprint density at radius 3 is 2.10 bits per heavy atom. The minimum atomic E-state index is -0.494. The van der Waals surface area contributed by atoms with Crippen LogP contribution in [0, 0.1) is 41.6 Å². The Bertz CT molecular complexity index is 801. The Hall–Kier alpha value is -3.41. The predicted molar refractivity (Wildman–Crippen MR) is 69.3 cm³/mol. The second-order valence-corrected chi connectivity index (χ2v) is 3.97. The summed E-state index contributed by atoms with van der Waals surface area (Å²) < 4.78 is 13.4. The van der Waals surface area contributed by atoms with Crippen LogP contribution >= 0.6 is 0 Å². The molecule has 0 N–H and O–H groups in total. The number of hydrogen-bond acceptors (Lipinski definition) is 2. The van der Waals surface area contributed by atoms with Crippen molar-refractivity contribution in [2.75, 3.05) is 0 Å². The zero-order valence-corrected chi connectivity index (χ0v) is 10.1. The van der Waals surface area contributed by atoms with Gasteiger partial charge < -0.3 is 0 Å². The van der Waals surface area contributed by atoms with Crippen LogP contribution in [0.2, 0.25) is 0 Å². The number of fused-ring (bicyclic) bond motifs is 1. The molecule has 92 valence electrons. The molecular formula is C15H5FN4. The highest BCUT2D eigenvalue weighted by Crippen LogP contribution is 2.44. The smallest absolute Gasteiger partial charge is 0.226 e. The number of allylic oxidation sites excluding steroid dienone is 4. The van der Waals surface area contributed by atoms with Crippen LogP contribution in [0.1, 0.15) is 17.5 Å². The summed E-state index contributed by atoms with van der Waals surface area (Å²) in [4.78, 5) is 6.27. The average molecular weight is 260 g/mol. The summed E-state index contributed by atoms with van der Waals surface area (Å²) in [7, 11) is 0. The monoisotopic (exact) mass is 260 g/mol. The lowest BCUT2D eigenvalue weighted by Crippen LogP contribution is -1.86. The fourth-order valence-electron chi connectivity index (χ4n) is 2.14. The van der Waals surface area contributed by atoms with E-state index in [-0.39, 0.29) is 17.8 Å². The molecule has 0 saturated heterocycles. The van der Waals surface area contributed by atoms with Crippen molar-refractivity contribution in [1.82, 2.24) is 0 Å². The second kappa shape index (κ2) is 5.07. The molecule has 0 spiro atoms. The number of halogens is 1. The third-order valence-electron chi connectivity index (χ3n) is 2.99. The van der Waals surface area contributed by atoms with E-state index < -0.39 is 5.82 Å². The molecule has 2 rings (SSSR count). The van der Waals surface area contributed by atoms with Crippen LogP contribution in [-0.4, -0.2) is 0 Å². The molecule has 0 radical (unpaired) electrons. The highest BCUT2D eigenvalue weighted by atomic mass is 19.1. The van der Waals surface area contributed by atoms with E-state index in [2.05, 4.69) is 9.69 Å². The van der Waals surface area contributed by atoms with Crippen molar-refractivity contribution in [3.05, 3.63) is 69.4 Å². The van der Waals surface area contributed by atoms with Gasteiger partial charge in [0.05, 0.1) is 25.3 Å². The van der Waals surface area contributed by atoms with Gasteiger partial charge in [0.2, 0.25) is 0 Å². The molecule has 0 heterocycles. The van der Waals surface area contributed by atoms with Crippen LogP contribution in [-0.2, 0) is 0 Å².